The number of carbonyl (C=O) groups is 1. The minimum Gasteiger partial charge on any atom is -0.870 e. The van der Waals surface area contributed by atoms with Crippen molar-refractivity contribution in [2.75, 3.05) is 6.61 Å². The van der Waals surface area contributed by atoms with Gasteiger partial charge in [-0.15, -0.1) is 0 Å². The molecule has 0 amide bonds. The Kier molecular flexibility index (Phi) is 12.6. The number of esters is 1. The predicted molar refractivity (Wildman–Crippen MR) is 168 cm³/mol. The molecule has 0 aromatic carbocycles. The van der Waals surface area contributed by atoms with Gasteiger partial charge in [-0.3, -0.25) is 9.42 Å². The zero-order chi connectivity index (χ0) is 32.9. The van der Waals surface area contributed by atoms with Crippen LogP contribution in [0, 0.1) is 58.2 Å². The number of fused-ring (bicyclic) bond motifs is 5. The maximum atomic E-state index is 12.9. The van der Waals surface area contributed by atoms with Crippen LogP contribution in [0.2, 0.25) is 0 Å². The Morgan fingerprint density at radius 1 is 1.02 bits per heavy atom. The van der Waals surface area contributed by atoms with Crippen molar-refractivity contribution in [3.8, 4) is 0 Å². The number of hydrogen-bond acceptors (Lipinski definition) is 8. The number of hydrogen-bond donors (Lipinski definition) is 3. The second-order valence-corrected chi connectivity index (χ2v) is 17.5. The van der Waals surface area contributed by atoms with Crippen molar-refractivity contribution in [3.05, 3.63) is 11.5 Å². The van der Waals surface area contributed by atoms with Gasteiger partial charge in [-0.25, -0.2) is 9.36 Å². The molecule has 1 aliphatic heterocycles. The number of phosphoric acid groups is 1. The number of carbonyl (C=O) groups excluding carboxylic acids is 1. The van der Waals surface area contributed by atoms with Gasteiger partial charge in [0.05, 0.1) is 12.7 Å². The van der Waals surface area contributed by atoms with E-state index >= 15 is 0 Å². The van der Waals surface area contributed by atoms with Gasteiger partial charge in [0.15, 0.2) is 0 Å². The van der Waals surface area contributed by atoms with Crippen molar-refractivity contribution in [3.63, 3.8) is 0 Å². The molecule has 9 nitrogen and oxygen atoms in total. The van der Waals surface area contributed by atoms with Gasteiger partial charge in [-0.05, 0) is 128 Å². The molecule has 3 N–H and O–H groups in total. The molecule has 4 aliphatic carbocycles. The molecule has 0 spiro atoms. The summed E-state index contributed by atoms with van der Waals surface area (Å²) in [5.41, 5.74) is 0.584. The number of aliphatic hydroxyl groups excluding tert-OH is 2. The third kappa shape index (κ3) is 7.33. The molecule has 5 aliphatic rings. The molecule has 0 saturated heterocycles. The summed E-state index contributed by atoms with van der Waals surface area (Å²) in [6.07, 6.45) is 9.83. The normalized spacial score (nSPS) is 40.6. The summed E-state index contributed by atoms with van der Waals surface area (Å²) in [4.78, 5) is 22.6. The van der Waals surface area contributed by atoms with Crippen molar-refractivity contribution in [1.82, 2.24) is 0 Å². The van der Waals surface area contributed by atoms with E-state index < -0.39 is 50.2 Å². The van der Waals surface area contributed by atoms with Gasteiger partial charge in [-0.1, -0.05) is 54.4 Å². The third-order valence-electron chi connectivity index (χ3n) is 13.8. The Hall–Kier alpha value is -0.120. The summed E-state index contributed by atoms with van der Waals surface area (Å²) in [7, 11) is -4.81. The van der Waals surface area contributed by atoms with Crippen LogP contribution in [0.3, 0.4) is 0 Å². The first-order valence-electron chi connectivity index (χ1n) is 17.8. The average Bonchev–Trinajstić information content (AvgIpc) is 3.48. The summed E-state index contributed by atoms with van der Waals surface area (Å²) in [6, 6.07) is 0. The molecule has 0 aromatic rings. The minimum absolute atomic E-state index is 0. The maximum Gasteiger partial charge on any atom is 1.00 e. The Morgan fingerprint density at radius 3 is 2.35 bits per heavy atom. The van der Waals surface area contributed by atoms with Crippen molar-refractivity contribution in [1.29, 1.82) is 0 Å². The fraction of sp³-hybridized carbons (Fsp3) is 0.914. The quantitative estimate of drug-likeness (QED) is 0.161. The molecule has 0 radical (unpaired) electrons. The Morgan fingerprint density at radius 2 is 1.70 bits per heavy atom. The van der Waals surface area contributed by atoms with Crippen LogP contribution in [0.15, 0.2) is 11.5 Å². The maximum absolute atomic E-state index is 12.9. The molecule has 13 atom stereocenters. The van der Waals surface area contributed by atoms with E-state index in [0.29, 0.717) is 30.1 Å². The van der Waals surface area contributed by atoms with Crippen molar-refractivity contribution in [2.45, 2.75) is 137 Å². The van der Waals surface area contributed by atoms with Crippen molar-refractivity contribution < 1.29 is 72.9 Å². The van der Waals surface area contributed by atoms with E-state index in [9.17, 15) is 24.5 Å². The van der Waals surface area contributed by atoms with Gasteiger partial charge in [0.25, 0.3) is 0 Å². The summed E-state index contributed by atoms with van der Waals surface area (Å²) >= 11 is 0. The molecule has 4 saturated carbocycles. The summed E-state index contributed by atoms with van der Waals surface area (Å²) in [5, 5.41) is 31.3. The van der Waals surface area contributed by atoms with Crippen LogP contribution >= 0.6 is 7.82 Å². The monoisotopic (exact) mass is 676 g/mol. The standard InChI is InChI=1S/C35H59O9P.Na/c1-7-22(20(2)3)9-8-21(4)26-12-13-27-25-11-10-23-18-24(14-16-34(23,5)28(25)15-17-35(26,27)6)43-45(40,41)44-32-30(38)31(29(37)19-36)42-33(32)39;/h20-29,31,36-38H,7-19H2,1-6H3,(H,40,41);/q;+1/p-1. The fourth-order valence-corrected chi connectivity index (χ4v) is 12.2. The molecule has 5 rings (SSSR count). The topological polar surface area (TPSA) is 146 Å². The van der Waals surface area contributed by atoms with Gasteiger partial charge in [-0.2, -0.15) is 0 Å². The van der Waals surface area contributed by atoms with E-state index in [2.05, 4.69) is 41.5 Å². The van der Waals surface area contributed by atoms with E-state index in [-0.39, 0.29) is 35.0 Å². The molecule has 46 heavy (non-hydrogen) atoms. The molecule has 0 bridgehead atoms. The summed E-state index contributed by atoms with van der Waals surface area (Å²) in [5.74, 6) is 2.40. The number of cyclic esters (lactones) is 1. The van der Waals surface area contributed by atoms with Gasteiger partial charge in [0.2, 0.25) is 5.76 Å². The largest absolute Gasteiger partial charge is 1.00 e. The first-order valence-corrected chi connectivity index (χ1v) is 19.3. The minimum atomic E-state index is -4.81. The summed E-state index contributed by atoms with van der Waals surface area (Å²) in [6.45, 7) is 13.9. The predicted octanol–water partition coefficient (Wildman–Crippen LogP) is 3.10. The number of rotatable bonds is 12. The molecule has 11 heteroatoms. The number of ether oxygens (including phenoxy) is 1. The molecule has 4 fully saturated rings. The number of phosphoric ester groups is 1. The van der Waals surface area contributed by atoms with Crippen LogP contribution in [0.25, 0.3) is 0 Å². The van der Waals surface area contributed by atoms with E-state index in [1.165, 1.54) is 51.4 Å². The first kappa shape index (κ1) is 38.7. The zero-order valence-electron chi connectivity index (χ0n) is 29.3. The molecule has 1 heterocycles. The Bertz CT molecular complexity index is 1160. The first-order chi connectivity index (χ1) is 21.1. The van der Waals surface area contributed by atoms with Gasteiger partial charge < -0.3 is 24.6 Å². The zero-order valence-corrected chi connectivity index (χ0v) is 32.2. The van der Waals surface area contributed by atoms with E-state index in [4.69, 9.17) is 18.9 Å². The van der Waals surface area contributed by atoms with Crippen LogP contribution in [0.5, 0.6) is 0 Å². The second-order valence-electron chi connectivity index (χ2n) is 16.2. The van der Waals surface area contributed by atoms with E-state index in [0.717, 1.165) is 48.3 Å². The molecule has 13 unspecified atom stereocenters. The van der Waals surface area contributed by atoms with E-state index in [1.807, 2.05) is 0 Å². The van der Waals surface area contributed by atoms with Gasteiger partial charge >= 0.3 is 43.3 Å². The van der Waals surface area contributed by atoms with Crippen LogP contribution in [0.4, 0.5) is 0 Å². The Labute approximate surface area is 298 Å². The number of aliphatic hydroxyl groups is 2. The van der Waals surface area contributed by atoms with Gasteiger partial charge in [0, 0.05) is 0 Å². The average molecular weight is 677 g/mol. The molecular formula is C35H58NaO9P. The van der Waals surface area contributed by atoms with E-state index in [1.54, 1.807) is 0 Å². The smallest absolute Gasteiger partial charge is 0.870 e. The fourth-order valence-electron chi connectivity index (χ4n) is 11.2. The second kappa shape index (κ2) is 15.0. The van der Waals surface area contributed by atoms with Gasteiger partial charge in [0.1, 0.15) is 12.2 Å². The van der Waals surface area contributed by atoms with Crippen LogP contribution in [0.1, 0.15) is 119 Å². The van der Waals surface area contributed by atoms with Crippen LogP contribution < -0.4 is 34.7 Å². The van der Waals surface area contributed by atoms with Crippen molar-refractivity contribution in [2.24, 2.45) is 58.2 Å². The Balaban J connectivity index is 0.00000480. The van der Waals surface area contributed by atoms with Crippen molar-refractivity contribution >= 4 is 13.8 Å². The van der Waals surface area contributed by atoms with Crippen LogP contribution in [-0.2, 0) is 23.1 Å². The summed E-state index contributed by atoms with van der Waals surface area (Å²) < 4.78 is 28.2. The molecule has 258 valence electrons. The third-order valence-corrected chi connectivity index (χ3v) is 14.7. The van der Waals surface area contributed by atoms with Crippen LogP contribution in [-0.4, -0.2) is 46.0 Å². The molecular weight excluding hydrogens is 618 g/mol. The molecule has 0 aromatic heterocycles. The SMILES string of the molecule is CCC(CCC(C)C1CCC2C3CCC4CC(OP(=O)(O)OC5=C([O-])C(C(O)CO)OC5=O)CCC4(C)C3CCC12C)C(C)C.[Na+].